The molecule has 2 aliphatic rings. The lowest BCUT2D eigenvalue weighted by Crippen LogP contribution is -2.36. The van der Waals surface area contributed by atoms with Crippen LogP contribution in [0.3, 0.4) is 0 Å². The molecule has 6 heteroatoms. The summed E-state index contributed by atoms with van der Waals surface area (Å²) in [6, 6.07) is 9.18. The van der Waals surface area contributed by atoms with E-state index in [0.717, 1.165) is 68.2 Å². The van der Waals surface area contributed by atoms with Gasteiger partial charge in [-0.05, 0) is 30.3 Å². The molecular formula is C20H21FN4O. The van der Waals surface area contributed by atoms with Crippen LogP contribution in [0, 0.1) is 5.82 Å². The maximum atomic E-state index is 13.7. The van der Waals surface area contributed by atoms with Crippen molar-refractivity contribution in [3.05, 3.63) is 53.6 Å². The zero-order valence-corrected chi connectivity index (χ0v) is 14.5. The minimum Gasteiger partial charge on any atom is -0.378 e. The first-order chi connectivity index (χ1) is 12.8. The average Bonchev–Trinajstić information content (AvgIpc) is 3.06. The molecule has 0 unspecified atom stereocenters. The summed E-state index contributed by atoms with van der Waals surface area (Å²) in [6.07, 6.45) is 2.86. The highest BCUT2D eigenvalue weighted by molar-refractivity contribution is 5.85. The molecule has 1 saturated heterocycles. The highest BCUT2D eigenvalue weighted by atomic mass is 19.1. The van der Waals surface area contributed by atoms with Crippen molar-refractivity contribution in [1.29, 1.82) is 0 Å². The maximum absolute atomic E-state index is 13.7. The number of aromatic nitrogens is 2. The fourth-order valence-corrected chi connectivity index (χ4v) is 3.96. The van der Waals surface area contributed by atoms with Gasteiger partial charge in [-0.1, -0.05) is 0 Å². The SMILES string of the molecule is Fc1ccc2[nH]c3c(c2c1)CN(c1ccc(N2CCOCC2)cn1)CC3. The second-order valence-electron chi connectivity index (χ2n) is 6.92. The van der Waals surface area contributed by atoms with Crippen LogP contribution in [-0.4, -0.2) is 42.8 Å². The minimum absolute atomic E-state index is 0.190. The third kappa shape index (κ3) is 2.70. The van der Waals surface area contributed by atoms with Gasteiger partial charge in [-0.15, -0.1) is 0 Å². The predicted molar refractivity (Wildman–Crippen MR) is 100 cm³/mol. The monoisotopic (exact) mass is 352 g/mol. The average molecular weight is 352 g/mol. The quantitative estimate of drug-likeness (QED) is 0.770. The van der Waals surface area contributed by atoms with Gasteiger partial charge in [-0.25, -0.2) is 9.37 Å². The van der Waals surface area contributed by atoms with Crippen LogP contribution in [0.4, 0.5) is 15.9 Å². The number of morpholine rings is 1. The smallest absolute Gasteiger partial charge is 0.128 e. The Kier molecular flexibility index (Phi) is 3.78. The standard InChI is InChI=1S/C20H21FN4O/c21-14-1-3-18-16(11-14)17-13-25(6-5-19(17)23-18)20-4-2-15(12-22-20)24-7-9-26-10-8-24/h1-4,11-12,23H,5-10,13H2. The van der Waals surface area contributed by atoms with Crippen molar-refractivity contribution in [3.63, 3.8) is 0 Å². The highest BCUT2D eigenvalue weighted by Crippen LogP contribution is 2.30. The Bertz CT molecular complexity index is 931. The Labute approximate surface area is 151 Å². The lowest BCUT2D eigenvalue weighted by molar-refractivity contribution is 0.122. The van der Waals surface area contributed by atoms with Crippen molar-refractivity contribution in [2.24, 2.45) is 0 Å². The van der Waals surface area contributed by atoms with Crippen molar-refractivity contribution in [2.45, 2.75) is 13.0 Å². The molecular weight excluding hydrogens is 331 g/mol. The number of ether oxygens (including phenoxy) is 1. The summed E-state index contributed by atoms with van der Waals surface area (Å²) in [5.74, 6) is 0.780. The van der Waals surface area contributed by atoms with E-state index in [2.05, 4.69) is 26.9 Å². The molecule has 5 rings (SSSR count). The topological polar surface area (TPSA) is 44.4 Å². The zero-order chi connectivity index (χ0) is 17.5. The fourth-order valence-electron chi connectivity index (χ4n) is 3.96. The van der Waals surface area contributed by atoms with Gasteiger partial charge >= 0.3 is 0 Å². The van der Waals surface area contributed by atoms with E-state index >= 15 is 0 Å². The number of fused-ring (bicyclic) bond motifs is 3. The number of nitrogens with zero attached hydrogens (tertiary/aromatic N) is 3. The van der Waals surface area contributed by atoms with Crippen LogP contribution in [-0.2, 0) is 17.7 Å². The van der Waals surface area contributed by atoms with Crippen LogP contribution >= 0.6 is 0 Å². The number of anilines is 2. The summed E-state index contributed by atoms with van der Waals surface area (Å²) in [7, 11) is 0. The van der Waals surface area contributed by atoms with E-state index in [1.165, 1.54) is 17.3 Å². The van der Waals surface area contributed by atoms with Gasteiger partial charge in [0.25, 0.3) is 0 Å². The maximum Gasteiger partial charge on any atom is 0.128 e. The van der Waals surface area contributed by atoms with Gasteiger partial charge in [-0.3, -0.25) is 0 Å². The third-order valence-electron chi connectivity index (χ3n) is 5.37. The largest absolute Gasteiger partial charge is 0.378 e. The van der Waals surface area contributed by atoms with Gasteiger partial charge in [0.1, 0.15) is 11.6 Å². The van der Waals surface area contributed by atoms with Crippen molar-refractivity contribution >= 4 is 22.4 Å². The van der Waals surface area contributed by atoms with Gasteiger partial charge < -0.3 is 19.5 Å². The molecule has 0 amide bonds. The molecule has 0 atom stereocenters. The first-order valence-electron chi connectivity index (χ1n) is 9.10. The molecule has 0 radical (unpaired) electrons. The number of halogens is 1. The van der Waals surface area contributed by atoms with E-state index in [4.69, 9.17) is 9.72 Å². The Balaban J connectivity index is 1.40. The number of H-pyrrole nitrogens is 1. The number of rotatable bonds is 2. The van der Waals surface area contributed by atoms with Crippen molar-refractivity contribution in [2.75, 3.05) is 42.6 Å². The number of hydrogen-bond acceptors (Lipinski definition) is 4. The molecule has 1 N–H and O–H groups in total. The molecule has 0 bridgehead atoms. The van der Waals surface area contributed by atoms with E-state index < -0.39 is 0 Å². The molecule has 4 heterocycles. The van der Waals surface area contributed by atoms with Crippen LogP contribution in [0.25, 0.3) is 10.9 Å². The lowest BCUT2D eigenvalue weighted by atomic mass is 10.0. The van der Waals surface area contributed by atoms with Crippen LogP contribution in [0.15, 0.2) is 36.5 Å². The van der Waals surface area contributed by atoms with Crippen LogP contribution in [0.2, 0.25) is 0 Å². The summed E-state index contributed by atoms with van der Waals surface area (Å²) in [4.78, 5) is 12.7. The zero-order valence-electron chi connectivity index (χ0n) is 14.5. The Morgan fingerprint density at radius 3 is 2.73 bits per heavy atom. The number of aromatic amines is 1. The van der Waals surface area contributed by atoms with Crippen molar-refractivity contribution < 1.29 is 9.13 Å². The predicted octanol–water partition coefficient (Wildman–Crippen LogP) is 3.10. The Morgan fingerprint density at radius 2 is 1.92 bits per heavy atom. The molecule has 26 heavy (non-hydrogen) atoms. The summed E-state index contributed by atoms with van der Waals surface area (Å²) in [6.45, 7) is 5.03. The summed E-state index contributed by atoms with van der Waals surface area (Å²) in [5, 5.41) is 0.981. The molecule has 1 fully saturated rings. The summed E-state index contributed by atoms with van der Waals surface area (Å²) < 4.78 is 19.1. The lowest BCUT2D eigenvalue weighted by Gasteiger charge is -2.30. The second-order valence-corrected chi connectivity index (χ2v) is 6.92. The first kappa shape index (κ1) is 15.6. The van der Waals surface area contributed by atoms with E-state index in [1.54, 1.807) is 6.07 Å². The fraction of sp³-hybridized carbons (Fsp3) is 0.350. The molecule has 3 aromatic rings. The normalized spacial score (nSPS) is 17.6. The number of nitrogens with one attached hydrogen (secondary N) is 1. The summed E-state index contributed by atoms with van der Waals surface area (Å²) >= 11 is 0. The van der Waals surface area contributed by atoms with Gasteiger partial charge in [0.2, 0.25) is 0 Å². The van der Waals surface area contributed by atoms with E-state index in [0.29, 0.717) is 0 Å². The van der Waals surface area contributed by atoms with Crippen molar-refractivity contribution in [3.8, 4) is 0 Å². The molecule has 2 aromatic heterocycles. The van der Waals surface area contributed by atoms with Crippen LogP contribution in [0.1, 0.15) is 11.3 Å². The van der Waals surface area contributed by atoms with Gasteiger partial charge in [0.15, 0.2) is 0 Å². The highest BCUT2D eigenvalue weighted by Gasteiger charge is 2.22. The van der Waals surface area contributed by atoms with Crippen LogP contribution in [0.5, 0.6) is 0 Å². The van der Waals surface area contributed by atoms with Crippen molar-refractivity contribution in [1.82, 2.24) is 9.97 Å². The third-order valence-corrected chi connectivity index (χ3v) is 5.37. The molecule has 2 aliphatic heterocycles. The number of pyridine rings is 1. The number of benzene rings is 1. The second kappa shape index (κ2) is 6.29. The van der Waals surface area contributed by atoms with E-state index in [1.807, 2.05) is 12.3 Å². The summed E-state index contributed by atoms with van der Waals surface area (Å²) in [5.41, 5.74) is 4.55. The van der Waals surface area contributed by atoms with Gasteiger partial charge in [0.05, 0.1) is 25.1 Å². The van der Waals surface area contributed by atoms with Gasteiger partial charge in [0, 0.05) is 54.8 Å². The Hall–Kier alpha value is -2.60. The first-order valence-corrected chi connectivity index (χ1v) is 9.10. The van der Waals surface area contributed by atoms with E-state index in [9.17, 15) is 4.39 Å². The van der Waals surface area contributed by atoms with Crippen LogP contribution < -0.4 is 9.80 Å². The molecule has 0 spiro atoms. The molecule has 0 aliphatic carbocycles. The number of hydrogen-bond donors (Lipinski definition) is 1. The Morgan fingerprint density at radius 1 is 1.04 bits per heavy atom. The van der Waals surface area contributed by atoms with E-state index in [-0.39, 0.29) is 5.82 Å². The molecule has 1 aromatic carbocycles. The molecule has 5 nitrogen and oxygen atoms in total. The molecule has 134 valence electrons. The molecule has 0 saturated carbocycles. The minimum atomic E-state index is -0.190. The van der Waals surface area contributed by atoms with Gasteiger partial charge in [-0.2, -0.15) is 0 Å².